The highest BCUT2D eigenvalue weighted by Crippen LogP contribution is 2.31. The van der Waals surface area contributed by atoms with Crippen LogP contribution in [-0.2, 0) is 0 Å². The Morgan fingerprint density at radius 3 is 3.00 bits per heavy atom. The van der Waals surface area contributed by atoms with Crippen LogP contribution in [0, 0.1) is 0 Å². The number of aliphatic hydroxyl groups is 1. The zero-order valence-electron chi connectivity index (χ0n) is 11.1. The second kappa shape index (κ2) is 5.61. The van der Waals surface area contributed by atoms with Gasteiger partial charge in [0, 0.05) is 17.3 Å². The number of para-hydroxylation sites is 1. The molecule has 2 heterocycles. The molecule has 2 aromatic heterocycles. The Labute approximate surface area is 121 Å². The minimum atomic E-state index is -0.725. The van der Waals surface area contributed by atoms with Crippen molar-refractivity contribution in [3.05, 3.63) is 59.1 Å². The molecule has 0 aliphatic rings. The van der Waals surface area contributed by atoms with Gasteiger partial charge in [-0.15, -0.1) is 11.3 Å². The summed E-state index contributed by atoms with van der Waals surface area (Å²) in [7, 11) is 0. The average Bonchev–Trinajstić information content (AvgIpc) is 2.95. The summed E-state index contributed by atoms with van der Waals surface area (Å²) in [5, 5.41) is 12.6. The van der Waals surface area contributed by atoms with Gasteiger partial charge in [-0.05, 0) is 30.5 Å². The number of aromatic nitrogens is 1. The van der Waals surface area contributed by atoms with Crippen molar-refractivity contribution >= 4 is 21.6 Å². The van der Waals surface area contributed by atoms with Crippen LogP contribution < -0.4 is 4.74 Å². The van der Waals surface area contributed by atoms with Crippen molar-refractivity contribution in [2.24, 2.45) is 0 Å². The van der Waals surface area contributed by atoms with E-state index in [-0.39, 0.29) is 0 Å². The van der Waals surface area contributed by atoms with E-state index in [2.05, 4.69) is 4.98 Å². The Kier molecular flexibility index (Phi) is 3.67. The second-order valence-electron chi connectivity index (χ2n) is 4.45. The lowest BCUT2D eigenvalue weighted by atomic mass is 10.0. The predicted octanol–water partition coefficient (Wildman–Crippen LogP) is 3.78. The number of hydrogen-bond acceptors (Lipinski definition) is 4. The SMILES string of the molecule is CCOc1ccccc1C(O)c1cnc2ccsc2c1. The average molecular weight is 285 g/mol. The van der Waals surface area contributed by atoms with Gasteiger partial charge in [0.15, 0.2) is 0 Å². The van der Waals surface area contributed by atoms with E-state index >= 15 is 0 Å². The van der Waals surface area contributed by atoms with Gasteiger partial charge in [0.1, 0.15) is 11.9 Å². The van der Waals surface area contributed by atoms with Gasteiger partial charge in [0.25, 0.3) is 0 Å². The molecule has 4 heteroatoms. The van der Waals surface area contributed by atoms with E-state index in [1.165, 1.54) is 0 Å². The number of hydrogen-bond donors (Lipinski definition) is 1. The Morgan fingerprint density at radius 2 is 2.15 bits per heavy atom. The molecule has 0 saturated carbocycles. The lowest BCUT2D eigenvalue weighted by Crippen LogP contribution is -2.04. The summed E-state index contributed by atoms with van der Waals surface area (Å²) in [5.41, 5.74) is 2.52. The van der Waals surface area contributed by atoms with E-state index in [0.717, 1.165) is 21.3 Å². The summed E-state index contributed by atoms with van der Waals surface area (Å²) in [5.74, 6) is 0.716. The fourth-order valence-electron chi connectivity index (χ4n) is 2.18. The molecule has 1 aromatic carbocycles. The molecular weight excluding hydrogens is 270 g/mol. The summed E-state index contributed by atoms with van der Waals surface area (Å²) in [6, 6.07) is 11.5. The molecule has 3 nitrogen and oxygen atoms in total. The maximum Gasteiger partial charge on any atom is 0.125 e. The largest absolute Gasteiger partial charge is 0.493 e. The van der Waals surface area contributed by atoms with Gasteiger partial charge in [-0.2, -0.15) is 0 Å². The normalized spacial score (nSPS) is 12.5. The number of rotatable bonds is 4. The molecule has 0 radical (unpaired) electrons. The van der Waals surface area contributed by atoms with Gasteiger partial charge >= 0.3 is 0 Å². The number of pyridine rings is 1. The standard InChI is InChI=1S/C16H15NO2S/c1-2-19-14-6-4-3-5-12(14)16(18)11-9-15-13(17-10-11)7-8-20-15/h3-10,16,18H,2H2,1H3. The quantitative estimate of drug-likeness (QED) is 0.793. The van der Waals surface area contributed by atoms with Crippen molar-refractivity contribution in [3.63, 3.8) is 0 Å². The van der Waals surface area contributed by atoms with Gasteiger partial charge in [0.2, 0.25) is 0 Å². The van der Waals surface area contributed by atoms with Gasteiger partial charge in [-0.3, -0.25) is 4.98 Å². The summed E-state index contributed by atoms with van der Waals surface area (Å²) in [6.45, 7) is 2.51. The van der Waals surface area contributed by atoms with Crippen LogP contribution in [-0.4, -0.2) is 16.7 Å². The Balaban J connectivity index is 2.00. The highest BCUT2D eigenvalue weighted by molar-refractivity contribution is 7.17. The molecule has 0 bridgehead atoms. The first-order valence-corrected chi connectivity index (χ1v) is 7.40. The summed E-state index contributed by atoms with van der Waals surface area (Å²) in [6.07, 6.45) is 0.999. The van der Waals surface area contributed by atoms with Crippen LogP contribution in [0.3, 0.4) is 0 Å². The highest BCUT2D eigenvalue weighted by Gasteiger charge is 2.16. The van der Waals surface area contributed by atoms with Crippen molar-refractivity contribution in [1.82, 2.24) is 4.98 Å². The number of fused-ring (bicyclic) bond motifs is 1. The summed E-state index contributed by atoms with van der Waals surface area (Å²) in [4.78, 5) is 4.37. The van der Waals surface area contributed by atoms with Crippen molar-refractivity contribution in [2.75, 3.05) is 6.61 Å². The molecule has 1 unspecified atom stereocenters. The minimum absolute atomic E-state index is 0.575. The van der Waals surface area contributed by atoms with Crippen molar-refractivity contribution in [1.29, 1.82) is 0 Å². The molecule has 0 aliphatic heterocycles. The van der Waals surface area contributed by atoms with Crippen LogP contribution in [0.4, 0.5) is 0 Å². The lowest BCUT2D eigenvalue weighted by Gasteiger charge is -2.15. The summed E-state index contributed by atoms with van der Waals surface area (Å²) >= 11 is 1.62. The van der Waals surface area contributed by atoms with E-state index in [9.17, 15) is 5.11 Å². The minimum Gasteiger partial charge on any atom is -0.493 e. The Hall–Kier alpha value is -1.91. The summed E-state index contributed by atoms with van der Waals surface area (Å²) < 4.78 is 6.65. The Morgan fingerprint density at radius 1 is 1.30 bits per heavy atom. The van der Waals surface area contributed by atoms with Crippen LogP contribution in [0.25, 0.3) is 10.2 Å². The number of thiophene rings is 1. The molecule has 3 rings (SSSR count). The van der Waals surface area contributed by atoms with Crippen LogP contribution in [0.5, 0.6) is 5.75 Å². The maximum atomic E-state index is 10.6. The van der Waals surface area contributed by atoms with Crippen LogP contribution in [0.15, 0.2) is 48.0 Å². The molecule has 0 spiro atoms. The molecule has 3 aromatic rings. The van der Waals surface area contributed by atoms with Crippen molar-refractivity contribution in [2.45, 2.75) is 13.0 Å². The first-order valence-electron chi connectivity index (χ1n) is 6.52. The molecule has 1 N–H and O–H groups in total. The fraction of sp³-hybridized carbons (Fsp3) is 0.188. The molecule has 0 aliphatic carbocycles. The molecular formula is C16H15NO2S. The van der Waals surface area contributed by atoms with Gasteiger partial charge in [0.05, 0.1) is 16.8 Å². The van der Waals surface area contributed by atoms with Crippen molar-refractivity contribution < 1.29 is 9.84 Å². The van der Waals surface area contributed by atoms with E-state index < -0.39 is 6.10 Å². The van der Waals surface area contributed by atoms with Gasteiger partial charge in [-0.1, -0.05) is 18.2 Å². The van der Waals surface area contributed by atoms with Gasteiger partial charge in [-0.25, -0.2) is 0 Å². The smallest absolute Gasteiger partial charge is 0.125 e. The number of aliphatic hydroxyl groups excluding tert-OH is 1. The first kappa shape index (κ1) is 13.1. The van der Waals surface area contributed by atoms with Crippen LogP contribution in [0.2, 0.25) is 0 Å². The molecule has 0 amide bonds. The van der Waals surface area contributed by atoms with E-state index in [1.54, 1.807) is 17.5 Å². The third-order valence-corrected chi connectivity index (χ3v) is 4.01. The zero-order chi connectivity index (χ0) is 13.9. The van der Waals surface area contributed by atoms with Crippen LogP contribution >= 0.6 is 11.3 Å². The molecule has 0 fully saturated rings. The molecule has 1 atom stereocenters. The maximum absolute atomic E-state index is 10.6. The highest BCUT2D eigenvalue weighted by atomic mass is 32.1. The molecule has 102 valence electrons. The number of ether oxygens (including phenoxy) is 1. The molecule has 20 heavy (non-hydrogen) atoms. The monoisotopic (exact) mass is 285 g/mol. The third kappa shape index (κ3) is 2.40. The lowest BCUT2D eigenvalue weighted by molar-refractivity contribution is 0.212. The Bertz CT molecular complexity index is 723. The first-order chi connectivity index (χ1) is 9.79. The predicted molar refractivity (Wildman–Crippen MR) is 81.3 cm³/mol. The van der Waals surface area contributed by atoms with E-state index in [0.29, 0.717) is 12.4 Å². The van der Waals surface area contributed by atoms with E-state index in [4.69, 9.17) is 4.74 Å². The zero-order valence-corrected chi connectivity index (χ0v) is 11.9. The molecule has 0 saturated heterocycles. The number of benzene rings is 1. The van der Waals surface area contributed by atoms with Crippen molar-refractivity contribution in [3.8, 4) is 5.75 Å². The second-order valence-corrected chi connectivity index (χ2v) is 5.39. The number of nitrogens with zero attached hydrogens (tertiary/aromatic N) is 1. The fourth-order valence-corrected chi connectivity index (χ4v) is 2.97. The van der Waals surface area contributed by atoms with Gasteiger partial charge < -0.3 is 9.84 Å². The third-order valence-electron chi connectivity index (χ3n) is 3.15. The van der Waals surface area contributed by atoms with E-state index in [1.807, 2.05) is 48.7 Å². The topological polar surface area (TPSA) is 42.4 Å². The van der Waals surface area contributed by atoms with Crippen LogP contribution in [0.1, 0.15) is 24.2 Å².